The Hall–Kier alpha value is -2.76. The van der Waals surface area contributed by atoms with Crippen LogP contribution in [0.3, 0.4) is 0 Å². The largest absolute Gasteiger partial charge is 0.349 e. The van der Waals surface area contributed by atoms with Crippen LogP contribution in [-0.4, -0.2) is 22.8 Å². The first-order valence-electron chi connectivity index (χ1n) is 9.68. The highest BCUT2D eigenvalue weighted by Gasteiger charge is 2.32. The lowest BCUT2D eigenvalue weighted by Gasteiger charge is -2.33. The summed E-state index contributed by atoms with van der Waals surface area (Å²) >= 11 is 0. The van der Waals surface area contributed by atoms with E-state index in [4.69, 9.17) is 0 Å². The molecule has 1 atom stereocenters. The number of rotatable bonds is 7. The molecule has 148 valence electrons. The van der Waals surface area contributed by atoms with Crippen LogP contribution in [0.4, 0.5) is 4.39 Å². The van der Waals surface area contributed by atoms with Gasteiger partial charge < -0.3 is 10.6 Å². The number of halogens is 1. The molecule has 3 rings (SSSR count). The number of carbonyl (C=O) groups excluding carboxylic acids is 2. The Balaban J connectivity index is 1.96. The molecule has 5 nitrogen and oxygen atoms in total. The minimum Gasteiger partial charge on any atom is -0.349 e. The van der Waals surface area contributed by atoms with Gasteiger partial charge in [-0.1, -0.05) is 13.3 Å². The molecule has 1 aliphatic rings. The highest BCUT2D eigenvalue weighted by atomic mass is 19.1. The first-order valence-corrected chi connectivity index (χ1v) is 9.68. The average molecular weight is 383 g/mol. The predicted molar refractivity (Wildman–Crippen MR) is 106 cm³/mol. The molecule has 2 aromatic rings. The second-order valence-electron chi connectivity index (χ2n) is 7.66. The SMILES string of the molecule is CCCC(C)(NC(=O)c1cccnc1)c1cc(C(=O)NC2CC2)cc(F)c1C. The van der Waals surface area contributed by atoms with Crippen molar-refractivity contribution in [3.63, 3.8) is 0 Å². The van der Waals surface area contributed by atoms with Crippen molar-refractivity contribution in [2.75, 3.05) is 0 Å². The first kappa shape index (κ1) is 20.0. The number of pyridine rings is 1. The molecule has 2 amide bonds. The number of benzene rings is 1. The summed E-state index contributed by atoms with van der Waals surface area (Å²) in [5, 5.41) is 5.93. The van der Waals surface area contributed by atoms with Crippen molar-refractivity contribution in [3.05, 3.63) is 64.7 Å². The molecule has 1 fully saturated rings. The lowest BCUT2D eigenvalue weighted by molar-refractivity contribution is 0.0898. The molecule has 2 N–H and O–H groups in total. The van der Waals surface area contributed by atoms with Gasteiger partial charge in [0.05, 0.1) is 11.1 Å². The fourth-order valence-electron chi connectivity index (χ4n) is 3.46. The predicted octanol–water partition coefficient (Wildman–Crippen LogP) is 3.87. The number of nitrogens with one attached hydrogen (secondary N) is 2. The molecule has 28 heavy (non-hydrogen) atoms. The molecule has 1 unspecified atom stereocenters. The van der Waals surface area contributed by atoms with E-state index in [1.165, 1.54) is 12.3 Å². The van der Waals surface area contributed by atoms with E-state index in [0.717, 1.165) is 19.3 Å². The van der Waals surface area contributed by atoms with Crippen LogP contribution >= 0.6 is 0 Å². The lowest BCUT2D eigenvalue weighted by atomic mass is 9.83. The van der Waals surface area contributed by atoms with E-state index >= 15 is 0 Å². The Morgan fingerprint density at radius 3 is 2.61 bits per heavy atom. The van der Waals surface area contributed by atoms with Crippen LogP contribution in [0.15, 0.2) is 36.7 Å². The topological polar surface area (TPSA) is 71.1 Å². The summed E-state index contributed by atoms with van der Waals surface area (Å²) in [6, 6.07) is 6.54. The molecule has 1 saturated carbocycles. The van der Waals surface area contributed by atoms with E-state index in [9.17, 15) is 14.0 Å². The fourth-order valence-corrected chi connectivity index (χ4v) is 3.46. The maximum atomic E-state index is 14.7. The summed E-state index contributed by atoms with van der Waals surface area (Å²) in [4.78, 5) is 29.2. The molecule has 1 aliphatic carbocycles. The maximum Gasteiger partial charge on any atom is 0.253 e. The van der Waals surface area contributed by atoms with Gasteiger partial charge in [0.25, 0.3) is 11.8 Å². The molecule has 1 heterocycles. The molecular formula is C22H26FN3O2. The van der Waals surface area contributed by atoms with E-state index < -0.39 is 11.4 Å². The summed E-state index contributed by atoms with van der Waals surface area (Å²) in [7, 11) is 0. The van der Waals surface area contributed by atoms with Crippen LogP contribution in [0.5, 0.6) is 0 Å². The van der Waals surface area contributed by atoms with E-state index in [2.05, 4.69) is 15.6 Å². The second kappa shape index (κ2) is 8.09. The normalized spacial score (nSPS) is 15.6. The Labute approximate surface area is 164 Å². The maximum absolute atomic E-state index is 14.7. The third-order valence-electron chi connectivity index (χ3n) is 5.18. The van der Waals surface area contributed by atoms with Gasteiger partial charge in [-0.05, 0) is 68.5 Å². The minimum absolute atomic E-state index is 0.188. The van der Waals surface area contributed by atoms with Crippen molar-refractivity contribution < 1.29 is 14.0 Å². The third kappa shape index (κ3) is 4.38. The van der Waals surface area contributed by atoms with Gasteiger partial charge in [-0.15, -0.1) is 0 Å². The number of carbonyl (C=O) groups is 2. The zero-order chi connectivity index (χ0) is 20.3. The quantitative estimate of drug-likeness (QED) is 0.763. The highest BCUT2D eigenvalue weighted by molar-refractivity contribution is 5.96. The molecule has 0 radical (unpaired) electrons. The van der Waals surface area contributed by atoms with E-state index in [1.807, 2.05) is 13.8 Å². The molecule has 1 aromatic carbocycles. The Morgan fingerprint density at radius 1 is 1.25 bits per heavy atom. The van der Waals surface area contributed by atoms with E-state index in [0.29, 0.717) is 23.1 Å². The van der Waals surface area contributed by atoms with Crippen LogP contribution in [0.1, 0.15) is 71.4 Å². The van der Waals surface area contributed by atoms with Gasteiger partial charge in [-0.2, -0.15) is 0 Å². The van der Waals surface area contributed by atoms with Crippen LogP contribution in [0.2, 0.25) is 0 Å². The summed E-state index contributed by atoms with van der Waals surface area (Å²) in [6.07, 6.45) is 6.40. The van der Waals surface area contributed by atoms with Gasteiger partial charge in [0.1, 0.15) is 5.82 Å². The fraction of sp³-hybridized carbons (Fsp3) is 0.409. The molecular weight excluding hydrogens is 357 g/mol. The molecule has 1 aromatic heterocycles. The number of hydrogen-bond acceptors (Lipinski definition) is 3. The lowest BCUT2D eigenvalue weighted by Crippen LogP contribution is -2.44. The Bertz CT molecular complexity index is 881. The highest BCUT2D eigenvalue weighted by Crippen LogP contribution is 2.32. The molecule has 0 spiro atoms. The van der Waals surface area contributed by atoms with Crippen molar-refractivity contribution in [3.8, 4) is 0 Å². The zero-order valence-corrected chi connectivity index (χ0v) is 16.5. The number of aromatic nitrogens is 1. The number of amides is 2. The minimum atomic E-state index is -0.817. The first-order chi connectivity index (χ1) is 13.3. The van der Waals surface area contributed by atoms with E-state index in [-0.39, 0.29) is 23.4 Å². The van der Waals surface area contributed by atoms with Gasteiger partial charge in [0.15, 0.2) is 0 Å². The Morgan fingerprint density at radius 2 is 2.00 bits per heavy atom. The van der Waals surface area contributed by atoms with E-state index in [1.54, 1.807) is 31.3 Å². The summed E-state index contributed by atoms with van der Waals surface area (Å²) in [5.74, 6) is -1.01. The van der Waals surface area contributed by atoms with Gasteiger partial charge in [0.2, 0.25) is 0 Å². The second-order valence-corrected chi connectivity index (χ2v) is 7.66. The summed E-state index contributed by atoms with van der Waals surface area (Å²) < 4.78 is 14.7. The standard InChI is InChI=1S/C22H26FN3O2/c1-4-9-22(3,26-21(28)15-6-5-10-24-13-15)18-11-16(12-19(23)14(18)2)20(27)25-17-7-8-17/h5-6,10-13,17H,4,7-9H2,1-3H3,(H,25,27)(H,26,28). The monoisotopic (exact) mass is 383 g/mol. The molecule has 0 bridgehead atoms. The van der Waals surface area contributed by atoms with Crippen molar-refractivity contribution in [1.82, 2.24) is 15.6 Å². The van der Waals surface area contributed by atoms with Gasteiger partial charge in [-0.25, -0.2) is 4.39 Å². The number of nitrogens with zero attached hydrogens (tertiary/aromatic N) is 1. The van der Waals surface area contributed by atoms with Gasteiger partial charge >= 0.3 is 0 Å². The van der Waals surface area contributed by atoms with Gasteiger partial charge in [0, 0.05) is 24.0 Å². The number of hydrogen-bond donors (Lipinski definition) is 2. The molecule has 6 heteroatoms. The summed E-state index contributed by atoms with van der Waals surface area (Å²) in [6.45, 7) is 5.55. The molecule has 0 aliphatic heterocycles. The van der Waals surface area contributed by atoms with Crippen LogP contribution in [0.25, 0.3) is 0 Å². The third-order valence-corrected chi connectivity index (χ3v) is 5.18. The van der Waals surface area contributed by atoms with Crippen molar-refractivity contribution >= 4 is 11.8 Å². The smallest absolute Gasteiger partial charge is 0.253 e. The van der Waals surface area contributed by atoms with Crippen molar-refractivity contribution in [2.45, 2.75) is 58.0 Å². The van der Waals surface area contributed by atoms with Crippen LogP contribution in [0, 0.1) is 12.7 Å². The van der Waals surface area contributed by atoms with Crippen molar-refractivity contribution in [2.24, 2.45) is 0 Å². The average Bonchev–Trinajstić information content (AvgIpc) is 3.48. The van der Waals surface area contributed by atoms with Crippen molar-refractivity contribution in [1.29, 1.82) is 0 Å². The summed E-state index contributed by atoms with van der Waals surface area (Å²) in [5.41, 5.74) is 0.953. The van der Waals surface area contributed by atoms with Crippen LogP contribution < -0.4 is 10.6 Å². The Kier molecular flexibility index (Phi) is 5.77. The zero-order valence-electron chi connectivity index (χ0n) is 16.5. The van der Waals surface area contributed by atoms with Crippen LogP contribution in [-0.2, 0) is 5.54 Å². The molecule has 0 saturated heterocycles. The van der Waals surface area contributed by atoms with Gasteiger partial charge in [-0.3, -0.25) is 14.6 Å².